The Morgan fingerprint density at radius 1 is 1.55 bits per heavy atom. The van der Waals surface area contributed by atoms with Crippen molar-refractivity contribution in [2.75, 3.05) is 32.7 Å². The minimum absolute atomic E-state index is 0.0210. The van der Waals surface area contributed by atoms with Gasteiger partial charge in [-0.15, -0.1) is 0 Å². The second-order valence-corrected chi connectivity index (χ2v) is 9.20. The minimum atomic E-state index is -3.99. The zero-order chi connectivity index (χ0) is 22.8. The van der Waals surface area contributed by atoms with Crippen molar-refractivity contribution in [3.63, 3.8) is 0 Å². The number of nitrogens with one attached hydrogen (secondary N) is 1. The van der Waals surface area contributed by atoms with Crippen molar-refractivity contribution in [3.8, 4) is 0 Å². The maximum Gasteiger partial charge on any atom is 0.406 e. The second-order valence-electron chi connectivity index (χ2n) is 7.48. The number of anilines is 1. The van der Waals surface area contributed by atoms with Crippen LogP contribution in [0.1, 0.15) is 26.5 Å². The van der Waals surface area contributed by atoms with Crippen LogP contribution in [0.5, 0.6) is 0 Å². The van der Waals surface area contributed by atoms with Crippen molar-refractivity contribution in [3.05, 3.63) is 22.7 Å². The third-order valence-electron chi connectivity index (χ3n) is 4.93. The summed E-state index contributed by atoms with van der Waals surface area (Å²) in [5.41, 5.74) is 3.01. The summed E-state index contributed by atoms with van der Waals surface area (Å²) in [6.45, 7) is 3.21. The van der Waals surface area contributed by atoms with Gasteiger partial charge in [-0.1, -0.05) is 0 Å². The molecule has 0 radical (unpaired) electrons. The highest BCUT2D eigenvalue weighted by Crippen LogP contribution is 2.55. The number of ether oxygens (including phenoxy) is 3. The van der Waals surface area contributed by atoms with Gasteiger partial charge in [-0.05, 0) is 19.9 Å². The van der Waals surface area contributed by atoms with Gasteiger partial charge < -0.3 is 25.1 Å². The number of methoxy groups -OCH3 is 1. The van der Waals surface area contributed by atoms with Crippen LogP contribution in [-0.4, -0.2) is 71.4 Å². The lowest BCUT2D eigenvalue weighted by atomic mass is 9.96. The number of esters is 1. The van der Waals surface area contributed by atoms with E-state index in [0.29, 0.717) is 13.0 Å². The molecule has 0 bridgehead atoms. The molecule has 14 heteroatoms. The monoisotopic (exact) mass is 462 g/mol. The Kier molecular flexibility index (Phi) is 7.16. The smallest absolute Gasteiger partial charge is 0.406 e. The summed E-state index contributed by atoms with van der Waals surface area (Å²) in [6.07, 6.45) is -1.25. The number of aromatic nitrogens is 2. The standard InChI is InChI=1S/C17H27N4O9P/c1-10(14(22)27-8-4-7-26-3)20-31(25)28-9-11-13(30-31)17(2,24)15(29-11)21-6-5-12(18)19-16(21)23/h5-6,10-11,13,15,24H,4,7-9H2,1-3H3,(H,20,25)(H2,18,19,23)/t10-,11+,13+,15+,17+,31-/m0/s1. The number of carbonyl (C=O) groups excluding carboxylic acids is 1. The van der Waals surface area contributed by atoms with E-state index in [9.17, 15) is 19.3 Å². The van der Waals surface area contributed by atoms with E-state index in [1.54, 1.807) is 0 Å². The van der Waals surface area contributed by atoms with Crippen LogP contribution in [0.15, 0.2) is 17.1 Å². The summed E-state index contributed by atoms with van der Waals surface area (Å²) in [4.78, 5) is 27.9. The third-order valence-corrected chi connectivity index (χ3v) is 6.62. The lowest BCUT2D eigenvalue weighted by Crippen LogP contribution is -2.50. The first-order valence-corrected chi connectivity index (χ1v) is 11.2. The van der Waals surface area contributed by atoms with Gasteiger partial charge in [-0.25, -0.2) is 14.4 Å². The summed E-state index contributed by atoms with van der Waals surface area (Å²) in [7, 11) is -2.46. The fraction of sp³-hybridized carbons (Fsp3) is 0.706. The van der Waals surface area contributed by atoms with E-state index in [-0.39, 0.29) is 19.0 Å². The van der Waals surface area contributed by atoms with E-state index in [0.717, 1.165) is 4.57 Å². The van der Waals surface area contributed by atoms with Crippen LogP contribution in [0.2, 0.25) is 0 Å². The summed E-state index contributed by atoms with van der Waals surface area (Å²) in [5.74, 6) is -0.625. The Labute approximate surface area is 178 Å². The third kappa shape index (κ3) is 5.14. The first-order chi connectivity index (χ1) is 14.6. The average Bonchev–Trinajstić information content (AvgIpc) is 2.95. The molecule has 13 nitrogen and oxygen atoms in total. The van der Waals surface area contributed by atoms with Crippen molar-refractivity contribution < 1.29 is 37.7 Å². The van der Waals surface area contributed by atoms with Gasteiger partial charge in [-0.3, -0.25) is 18.4 Å². The van der Waals surface area contributed by atoms with Gasteiger partial charge in [0.15, 0.2) is 6.23 Å². The Bertz CT molecular complexity index is 908. The molecule has 31 heavy (non-hydrogen) atoms. The van der Waals surface area contributed by atoms with Crippen LogP contribution < -0.4 is 16.5 Å². The molecule has 0 aromatic carbocycles. The van der Waals surface area contributed by atoms with Gasteiger partial charge in [-0.2, -0.15) is 4.98 Å². The first kappa shape index (κ1) is 23.8. The maximum absolute atomic E-state index is 13.1. The molecule has 6 atom stereocenters. The summed E-state index contributed by atoms with van der Waals surface area (Å²) >= 11 is 0. The van der Waals surface area contributed by atoms with Crippen molar-refractivity contribution in [2.24, 2.45) is 0 Å². The molecule has 174 valence electrons. The lowest BCUT2D eigenvalue weighted by Gasteiger charge is -2.36. The van der Waals surface area contributed by atoms with Crippen molar-refractivity contribution in [2.45, 2.75) is 50.3 Å². The molecule has 4 N–H and O–H groups in total. The van der Waals surface area contributed by atoms with Crippen LogP contribution in [0.25, 0.3) is 0 Å². The molecule has 1 aromatic heterocycles. The predicted octanol–water partition coefficient (Wildman–Crippen LogP) is -0.445. The molecule has 1 aromatic rings. The van der Waals surface area contributed by atoms with Gasteiger partial charge in [0.25, 0.3) is 0 Å². The second kappa shape index (κ2) is 9.33. The number of nitrogens with two attached hydrogens (primary N) is 1. The number of hydrogen-bond donors (Lipinski definition) is 3. The fourth-order valence-corrected chi connectivity index (χ4v) is 5.12. The lowest BCUT2D eigenvalue weighted by molar-refractivity contribution is -0.145. The van der Waals surface area contributed by atoms with Crippen LogP contribution in [0.3, 0.4) is 0 Å². The summed E-state index contributed by atoms with van der Waals surface area (Å²) in [6, 6.07) is 0.379. The van der Waals surface area contributed by atoms with Gasteiger partial charge in [0.05, 0.1) is 13.2 Å². The van der Waals surface area contributed by atoms with Crippen molar-refractivity contribution >= 4 is 19.5 Å². The molecule has 3 rings (SSSR count). The van der Waals surface area contributed by atoms with E-state index >= 15 is 0 Å². The van der Waals surface area contributed by atoms with Gasteiger partial charge in [0.2, 0.25) is 0 Å². The first-order valence-electron chi connectivity index (χ1n) is 9.66. The molecule has 0 amide bonds. The number of nitrogens with zero attached hydrogens (tertiary/aromatic N) is 2. The van der Waals surface area contributed by atoms with Crippen LogP contribution >= 0.6 is 7.75 Å². The zero-order valence-corrected chi connectivity index (χ0v) is 18.3. The molecular formula is C17H27N4O9P. The van der Waals surface area contributed by atoms with Gasteiger partial charge in [0.1, 0.15) is 29.7 Å². The largest absolute Gasteiger partial charge is 0.464 e. The SMILES string of the molecule is COCCCOC(=O)[C@H](C)N[P@]1(=O)OC[C@H]2O[C@@H](n3ccc(N)nc3=O)[C@](C)(O)[C@@H]2O1. The average molecular weight is 462 g/mol. The maximum atomic E-state index is 13.1. The van der Waals surface area contributed by atoms with Crippen molar-refractivity contribution in [1.82, 2.24) is 14.6 Å². The predicted molar refractivity (Wildman–Crippen MR) is 106 cm³/mol. The number of aliphatic hydroxyl groups is 1. The molecule has 0 aliphatic carbocycles. The molecule has 2 saturated heterocycles. The Morgan fingerprint density at radius 2 is 2.29 bits per heavy atom. The van der Waals surface area contributed by atoms with E-state index in [1.807, 2.05) is 0 Å². The highest BCUT2D eigenvalue weighted by atomic mass is 31.2. The van der Waals surface area contributed by atoms with Gasteiger partial charge >= 0.3 is 19.4 Å². The Morgan fingerprint density at radius 3 is 2.97 bits per heavy atom. The van der Waals surface area contributed by atoms with E-state index in [4.69, 9.17) is 29.0 Å². The molecule has 3 heterocycles. The molecule has 0 unspecified atom stereocenters. The number of nitrogen functional groups attached to an aromatic ring is 1. The molecule has 2 fully saturated rings. The Balaban J connectivity index is 1.68. The summed E-state index contributed by atoms with van der Waals surface area (Å²) in [5, 5.41) is 13.6. The van der Waals surface area contributed by atoms with Gasteiger partial charge in [0, 0.05) is 26.3 Å². The van der Waals surface area contributed by atoms with Crippen LogP contribution in [0.4, 0.5) is 5.82 Å². The van der Waals surface area contributed by atoms with Crippen LogP contribution in [0, 0.1) is 0 Å². The Hall–Kier alpha value is -1.86. The van der Waals surface area contributed by atoms with E-state index in [2.05, 4.69) is 10.1 Å². The minimum Gasteiger partial charge on any atom is -0.464 e. The summed E-state index contributed by atoms with van der Waals surface area (Å²) < 4.78 is 40.7. The molecule has 0 spiro atoms. The number of carbonyl (C=O) groups is 1. The van der Waals surface area contributed by atoms with Crippen molar-refractivity contribution in [1.29, 1.82) is 0 Å². The quantitative estimate of drug-likeness (QED) is 0.258. The van der Waals surface area contributed by atoms with E-state index in [1.165, 1.54) is 33.2 Å². The molecule has 2 aliphatic rings. The molecule has 0 saturated carbocycles. The normalized spacial score (nSPS) is 33.6. The molecular weight excluding hydrogens is 435 g/mol. The zero-order valence-electron chi connectivity index (χ0n) is 17.4. The topological polar surface area (TPSA) is 173 Å². The van der Waals surface area contributed by atoms with Crippen LogP contribution in [-0.2, 0) is 32.6 Å². The number of fused-ring (bicyclic) bond motifs is 1. The highest BCUT2D eigenvalue weighted by Gasteiger charge is 2.60. The number of rotatable bonds is 8. The fourth-order valence-electron chi connectivity index (χ4n) is 3.35. The molecule has 2 aliphatic heterocycles. The van der Waals surface area contributed by atoms with E-state index < -0.39 is 49.5 Å². The number of hydrogen-bond acceptors (Lipinski definition) is 11. The highest BCUT2D eigenvalue weighted by molar-refractivity contribution is 7.51.